The molecular weight excluding hydrogens is 1020 g/mol. The molecule has 11 heteroatoms. The number of aryl methyl sites for hydroxylation is 2. The summed E-state index contributed by atoms with van der Waals surface area (Å²) in [5, 5.41) is 13.7. The predicted octanol–water partition coefficient (Wildman–Crippen LogP) is 20.0. The molecule has 0 aliphatic carbocycles. The number of carbonyl (C=O) groups is 2. The Kier molecular flexibility index (Phi) is 27.7. The molecule has 7 rings (SSSR count). The quantitative estimate of drug-likeness (QED) is 0.0226. The molecule has 3 heterocycles. The van der Waals surface area contributed by atoms with E-state index in [0.29, 0.717) is 13.2 Å². The highest BCUT2D eigenvalue weighted by Gasteiger charge is 2.30. The highest BCUT2D eigenvalue weighted by atomic mass is 32.1. The predicted molar refractivity (Wildman–Crippen MR) is 346 cm³/mol. The number of hydrazone groups is 2. The van der Waals surface area contributed by atoms with Gasteiger partial charge in [-0.2, -0.15) is 10.2 Å². The Bertz CT molecular complexity index is 2840. The monoisotopic (exact) mass is 1120 g/mol. The minimum absolute atomic E-state index is 0.237. The van der Waals surface area contributed by atoms with E-state index in [2.05, 4.69) is 143 Å². The third-order valence-corrected chi connectivity index (χ3v) is 17.2. The Hall–Kier alpha value is -5.94. The maximum absolute atomic E-state index is 14.3. The van der Waals surface area contributed by atoms with Crippen LogP contribution < -0.4 is 20.3 Å². The van der Waals surface area contributed by atoms with Crippen molar-refractivity contribution in [2.75, 3.05) is 13.2 Å². The van der Waals surface area contributed by atoms with Crippen LogP contribution in [-0.2, 0) is 13.1 Å². The first kappa shape index (κ1) is 62.7. The van der Waals surface area contributed by atoms with Crippen molar-refractivity contribution < 1.29 is 19.1 Å². The van der Waals surface area contributed by atoms with Crippen LogP contribution in [0.25, 0.3) is 43.6 Å². The lowest BCUT2D eigenvalue weighted by molar-refractivity contribution is 0.0945. The van der Waals surface area contributed by atoms with Gasteiger partial charge >= 0.3 is 0 Å². The number of amides is 2. The van der Waals surface area contributed by atoms with Gasteiger partial charge in [0.15, 0.2) is 11.5 Å². The summed E-state index contributed by atoms with van der Waals surface area (Å²) >= 11 is 1.05. The zero-order valence-electron chi connectivity index (χ0n) is 50.1. The fourth-order valence-electron chi connectivity index (χ4n) is 11.5. The summed E-state index contributed by atoms with van der Waals surface area (Å²) in [6, 6.07) is 30.1. The summed E-state index contributed by atoms with van der Waals surface area (Å²) in [6.45, 7) is 11.7. The molecule has 0 fully saturated rings. The average molecular weight is 1120 g/mol. The van der Waals surface area contributed by atoms with Crippen molar-refractivity contribution in [3.05, 3.63) is 106 Å². The van der Waals surface area contributed by atoms with Crippen molar-refractivity contribution in [2.24, 2.45) is 10.2 Å². The fourth-order valence-corrected chi connectivity index (χ4v) is 12.4. The second-order valence-electron chi connectivity index (χ2n) is 22.6. The van der Waals surface area contributed by atoms with Gasteiger partial charge in [-0.3, -0.25) is 9.59 Å². The van der Waals surface area contributed by atoms with E-state index in [0.717, 1.165) is 113 Å². The standard InChI is InChI=1S/C70H98N6O4S/c1-5-9-13-17-19-21-23-25-27-35-47-75-61-41-33-31-39-57(61)59-51-55(43-45-63(59)75)53-71-73-69(77)67-65(79-49-37-29-15-11-7-3)66(80-50-38-30-16-12-8-4)68(81-67)70(78)74-72-54-56-44-46-64-60(52-56)58-40-32-34-42-62(58)76(64)48-36-28-26-24-22-20-18-14-10-6-2/h31-34,39-46,51-54H,5-30,35-38,47-50H2,1-4H3,(H,73,77)(H,74,78)/b71-53-,72-54-. The molecule has 0 aliphatic heterocycles. The number of nitrogens with one attached hydrogen (secondary N) is 2. The summed E-state index contributed by atoms with van der Waals surface area (Å²) in [7, 11) is 0. The van der Waals surface area contributed by atoms with E-state index >= 15 is 0 Å². The summed E-state index contributed by atoms with van der Waals surface area (Å²) < 4.78 is 17.9. The van der Waals surface area contributed by atoms with Crippen LogP contribution in [0.2, 0.25) is 0 Å². The molecule has 0 saturated heterocycles. The third-order valence-electron chi connectivity index (χ3n) is 16.0. The Morgan fingerprint density at radius 2 is 0.728 bits per heavy atom. The number of hydrogen-bond acceptors (Lipinski definition) is 7. The van der Waals surface area contributed by atoms with Crippen LogP contribution in [0.1, 0.15) is 251 Å². The number of para-hydroxylation sites is 2. The van der Waals surface area contributed by atoms with Crippen molar-refractivity contribution in [1.82, 2.24) is 20.0 Å². The van der Waals surface area contributed by atoms with Crippen LogP contribution in [0.15, 0.2) is 95.1 Å². The van der Waals surface area contributed by atoms with Crippen LogP contribution in [0, 0.1) is 0 Å². The largest absolute Gasteiger partial charge is 0.488 e. The molecule has 2 amide bonds. The number of nitrogens with zero attached hydrogens (tertiary/aromatic N) is 4. The van der Waals surface area contributed by atoms with Gasteiger partial charge in [0.05, 0.1) is 25.6 Å². The third kappa shape index (κ3) is 19.1. The molecule has 0 radical (unpaired) electrons. The lowest BCUT2D eigenvalue weighted by atomic mass is 10.1. The van der Waals surface area contributed by atoms with Crippen molar-refractivity contribution >= 4 is 79.2 Å². The molecule has 0 aliphatic rings. The Morgan fingerprint density at radius 1 is 0.407 bits per heavy atom. The van der Waals surface area contributed by atoms with Gasteiger partial charge in [0.1, 0.15) is 9.75 Å². The van der Waals surface area contributed by atoms with Crippen LogP contribution in [0.3, 0.4) is 0 Å². The van der Waals surface area contributed by atoms with Gasteiger partial charge in [-0.05, 0) is 73.2 Å². The molecule has 4 aromatic carbocycles. The molecule has 81 heavy (non-hydrogen) atoms. The summed E-state index contributed by atoms with van der Waals surface area (Å²) in [4.78, 5) is 29.1. The van der Waals surface area contributed by atoms with Gasteiger partial charge in [0.2, 0.25) is 0 Å². The first-order valence-electron chi connectivity index (χ1n) is 32.1. The maximum Gasteiger partial charge on any atom is 0.285 e. The zero-order valence-corrected chi connectivity index (χ0v) is 50.9. The highest BCUT2D eigenvalue weighted by Crippen LogP contribution is 2.43. The number of fused-ring (bicyclic) bond motifs is 6. The molecule has 438 valence electrons. The van der Waals surface area contributed by atoms with Crippen LogP contribution in [0.4, 0.5) is 0 Å². The molecule has 0 spiro atoms. The normalized spacial score (nSPS) is 11.9. The number of benzene rings is 4. The summed E-state index contributed by atoms with van der Waals surface area (Å²) in [5.74, 6) is -0.380. The second-order valence-corrected chi connectivity index (χ2v) is 23.6. The minimum atomic E-state index is -0.470. The lowest BCUT2D eigenvalue weighted by Crippen LogP contribution is -2.17. The second kappa shape index (κ2) is 35.8. The van der Waals surface area contributed by atoms with Gasteiger partial charge in [-0.15, -0.1) is 11.3 Å². The van der Waals surface area contributed by atoms with E-state index in [-0.39, 0.29) is 21.3 Å². The number of unbranched alkanes of at least 4 members (excludes halogenated alkanes) is 26. The van der Waals surface area contributed by atoms with E-state index in [1.54, 1.807) is 12.4 Å². The first-order valence-corrected chi connectivity index (χ1v) is 32.9. The van der Waals surface area contributed by atoms with E-state index < -0.39 is 11.8 Å². The lowest BCUT2D eigenvalue weighted by Gasteiger charge is -2.12. The van der Waals surface area contributed by atoms with Gasteiger partial charge in [-0.25, -0.2) is 10.9 Å². The van der Waals surface area contributed by atoms with Gasteiger partial charge in [-0.1, -0.05) is 243 Å². The van der Waals surface area contributed by atoms with Crippen LogP contribution in [0.5, 0.6) is 11.5 Å². The van der Waals surface area contributed by atoms with Crippen molar-refractivity contribution in [1.29, 1.82) is 0 Å². The summed E-state index contributed by atoms with van der Waals surface area (Å²) in [5.41, 5.74) is 12.2. The van der Waals surface area contributed by atoms with Crippen molar-refractivity contribution in [3.8, 4) is 11.5 Å². The number of aromatic nitrogens is 2. The maximum atomic E-state index is 14.3. The molecule has 0 bridgehead atoms. The molecular formula is C70H98N6O4S. The highest BCUT2D eigenvalue weighted by molar-refractivity contribution is 7.16. The van der Waals surface area contributed by atoms with Crippen LogP contribution in [-0.4, -0.2) is 46.6 Å². The number of ether oxygens (including phenoxy) is 2. The molecule has 0 saturated carbocycles. The molecule has 3 aromatic heterocycles. The zero-order chi connectivity index (χ0) is 56.7. The minimum Gasteiger partial charge on any atom is -0.488 e. The molecule has 0 atom stereocenters. The van der Waals surface area contributed by atoms with E-state index in [9.17, 15) is 9.59 Å². The van der Waals surface area contributed by atoms with E-state index in [1.165, 1.54) is 159 Å². The van der Waals surface area contributed by atoms with Gasteiger partial charge in [0.25, 0.3) is 11.8 Å². The number of carbonyl (C=O) groups excluding carboxylic acids is 2. The fraction of sp³-hybridized carbons (Fsp3) is 0.543. The smallest absolute Gasteiger partial charge is 0.285 e. The average Bonchev–Trinajstić information content (AvgIpc) is 4.07. The molecule has 2 N–H and O–H groups in total. The number of hydrogen-bond donors (Lipinski definition) is 2. The van der Waals surface area contributed by atoms with Crippen molar-refractivity contribution in [3.63, 3.8) is 0 Å². The SMILES string of the molecule is CCCCCCCCCCCCn1c2ccccc2c2cc(/C=N\NC(=O)c3sc(C(=O)N/N=C\c4ccc5c(c4)c4ccccc4n5CCCCCCCCCCCC)c(OCCCCCCC)c3OCCCCCCC)ccc21. The first-order chi connectivity index (χ1) is 40.0. The van der Waals surface area contributed by atoms with E-state index in [4.69, 9.17) is 9.47 Å². The van der Waals surface area contributed by atoms with Gasteiger partial charge in [0, 0.05) is 56.7 Å². The van der Waals surface area contributed by atoms with Gasteiger partial charge < -0.3 is 18.6 Å². The topological polar surface area (TPSA) is 111 Å². The molecule has 0 unspecified atom stereocenters. The van der Waals surface area contributed by atoms with Crippen LogP contribution >= 0.6 is 11.3 Å². The molecule has 7 aromatic rings. The Morgan fingerprint density at radius 3 is 1.10 bits per heavy atom. The van der Waals surface area contributed by atoms with Crippen molar-refractivity contribution in [2.45, 2.75) is 233 Å². The Labute approximate surface area is 489 Å². The molecule has 10 nitrogen and oxygen atoms in total. The number of thiophene rings is 1. The summed E-state index contributed by atoms with van der Waals surface area (Å²) in [6.07, 6.45) is 40.1. The number of rotatable bonds is 42. The van der Waals surface area contributed by atoms with E-state index in [1.807, 2.05) is 0 Å². The Balaban J connectivity index is 1.05.